The molecule has 0 unspecified atom stereocenters. The first-order chi connectivity index (χ1) is 43.4. The van der Waals surface area contributed by atoms with Crippen molar-refractivity contribution in [1.29, 1.82) is 11.1 Å². The number of azo groups is 2. The molecular formula is C52H55N13O21S7. The van der Waals surface area contributed by atoms with Gasteiger partial charge in [-0.15, -0.1) is 10.2 Å². The van der Waals surface area contributed by atoms with Gasteiger partial charge >= 0.3 is 31.2 Å². The van der Waals surface area contributed by atoms with E-state index in [0.717, 1.165) is 0 Å². The van der Waals surface area contributed by atoms with Crippen molar-refractivity contribution in [3.05, 3.63) is 170 Å². The lowest BCUT2D eigenvalue weighted by Crippen LogP contribution is -2.15. The van der Waals surface area contributed by atoms with Crippen LogP contribution in [0.5, 0.6) is 5.75 Å². The van der Waals surface area contributed by atoms with Crippen molar-refractivity contribution in [1.82, 2.24) is 0 Å². The third-order valence-corrected chi connectivity index (χ3v) is 19.5. The van der Waals surface area contributed by atoms with E-state index in [-0.39, 0.29) is 36.7 Å². The van der Waals surface area contributed by atoms with Gasteiger partial charge in [0.05, 0.1) is 102 Å². The first-order valence-electron chi connectivity index (χ1n) is 25.5. The molecule has 0 spiro atoms. The minimum absolute atomic E-state index is 0.0321. The molecule has 0 aliphatic rings. The number of hydrogen-bond donors (Lipinski definition) is 11. The first-order valence-corrected chi connectivity index (χ1v) is 36.0. The molecule has 15 N–H and O–H groups in total. The number of sulfonamides is 1. The summed E-state index contributed by atoms with van der Waals surface area (Å²) in [5.41, 5.74) is 40.9. The van der Waals surface area contributed by atoms with E-state index in [1.807, 2.05) is 0 Å². The Morgan fingerprint density at radius 1 is 0.409 bits per heavy atom. The van der Waals surface area contributed by atoms with E-state index in [1.54, 1.807) is 84.9 Å². The van der Waals surface area contributed by atoms with Crippen molar-refractivity contribution in [2.45, 2.75) is 19.6 Å². The van der Waals surface area contributed by atoms with Gasteiger partial charge in [-0.05, 0) is 145 Å². The summed E-state index contributed by atoms with van der Waals surface area (Å²) >= 11 is 0. The second kappa shape index (κ2) is 32.3. The zero-order chi connectivity index (χ0) is 69.0. The molecule has 0 bridgehead atoms. The Balaban J connectivity index is 0.000000251. The van der Waals surface area contributed by atoms with E-state index >= 15 is 0 Å². The SMILES string of the molecule is N=Nc1ccc(S(=O)(=O)CCOS(=O)(=O)O)cc1.N=Nc1ccc(S(=O)(=O)CCOS(=O)(=O)O)cc1.Nc1ccc(N=Nc2ccc(NS(=O)(=O)c3ccc(N=Nc4ccc5ccc(N)c(O)c5c4N)cc3)cc2)c(N)c1.O=S(=O)(O)OCCS(=O)(=O)c1ccccc1. The van der Waals surface area contributed by atoms with Crippen molar-refractivity contribution in [3.63, 3.8) is 0 Å². The predicted molar refractivity (Wildman–Crippen MR) is 339 cm³/mol. The Hall–Kier alpha value is -9.37. The molecule has 0 saturated carbocycles. The monoisotopic (exact) mass is 1420 g/mol. The highest BCUT2D eigenvalue weighted by Gasteiger charge is 2.20. The molecule has 0 fully saturated rings. The summed E-state index contributed by atoms with van der Waals surface area (Å²) in [7, 11) is -28.8. The van der Waals surface area contributed by atoms with Gasteiger partial charge in [0.25, 0.3) is 10.0 Å². The largest absolute Gasteiger partial charge is 0.505 e. The van der Waals surface area contributed by atoms with Crippen molar-refractivity contribution in [3.8, 4) is 5.75 Å². The molecule has 0 radical (unpaired) electrons. The number of rotatable bonds is 24. The molecule has 496 valence electrons. The van der Waals surface area contributed by atoms with Gasteiger partial charge in [-0.1, -0.05) is 30.3 Å². The number of nitrogens with two attached hydrogens (primary N) is 4. The highest BCUT2D eigenvalue weighted by atomic mass is 32.3. The summed E-state index contributed by atoms with van der Waals surface area (Å²) < 4.78 is 196. The number of benzene rings is 8. The number of fused-ring (bicyclic) bond motifs is 1. The molecule has 0 saturated heterocycles. The number of anilines is 5. The average molecular weight is 1420 g/mol. The maximum atomic E-state index is 12.9. The smallest absolute Gasteiger partial charge is 0.397 e. The number of nitrogen functional groups attached to an aromatic ring is 4. The lowest BCUT2D eigenvalue weighted by Gasteiger charge is -2.09. The maximum Gasteiger partial charge on any atom is 0.397 e. The highest BCUT2D eigenvalue weighted by molar-refractivity contribution is 7.93. The predicted octanol–water partition coefficient (Wildman–Crippen LogP) is 8.67. The van der Waals surface area contributed by atoms with Crippen molar-refractivity contribution in [2.75, 3.05) is 64.7 Å². The molecule has 0 heterocycles. The summed E-state index contributed by atoms with van der Waals surface area (Å²) in [6.45, 7) is -1.96. The Morgan fingerprint density at radius 2 is 0.785 bits per heavy atom. The number of nitrogens with zero attached hydrogens (tertiary/aromatic N) is 6. The van der Waals surface area contributed by atoms with Crippen LogP contribution in [0.2, 0.25) is 0 Å². The second-order valence-corrected chi connectivity index (χ2v) is 29.5. The minimum atomic E-state index is -4.64. The standard InChI is InChI=1S/C28H25N9O3S.2C8H10N2O6S2.C8H10O6S2/c29-17-3-14-24(23(31)15-17)35-33-18-4-6-20(7-5-18)37-41(39,40)21-10-8-19(9-11-21)34-36-25-13-2-16-1-12-22(30)28(38)26(16)27(25)32;2*9-10-7-1-3-8(4-2-7)17(11,12)6-5-16-18(13,14)15;9-15(10,7-6-14-16(11,12)13)8-4-2-1-3-5-8/h1-15,37-38H,29-32H2;2*1-4,9H,5-6H2,(H,13,14,15);1-5H,6-7H2,(H,11,12,13). The fourth-order valence-corrected chi connectivity index (χ4v) is 12.6. The van der Waals surface area contributed by atoms with Crippen molar-refractivity contribution in [2.24, 2.45) is 30.7 Å². The summed E-state index contributed by atoms with van der Waals surface area (Å²) in [5, 5.41) is 34.1. The fourth-order valence-electron chi connectivity index (χ4n) is 7.09. The fraction of sp³-hybridized carbons (Fsp3) is 0.115. The molecule has 41 heteroatoms. The van der Waals surface area contributed by atoms with E-state index < -0.39 is 108 Å². The van der Waals surface area contributed by atoms with Crippen LogP contribution in [0.1, 0.15) is 0 Å². The molecule has 0 aromatic heterocycles. The Morgan fingerprint density at radius 3 is 1.20 bits per heavy atom. The molecule has 0 atom stereocenters. The quantitative estimate of drug-likeness (QED) is 0.0117. The van der Waals surface area contributed by atoms with Crippen LogP contribution < -0.4 is 27.7 Å². The van der Waals surface area contributed by atoms with Crippen LogP contribution in [0.4, 0.5) is 62.6 Å². The van der Waals surface area contributed by atoms with E-state index in [9.17, 15) is 64.0 Å². The van der Waals surface area contributed by atoms with Gasteiger partial charge in [-0.3, -0.25) is 18.4 Å². The van der Waals surface area contributed by atoms with Crippen LogP contribution >= 0.6 is 0 Å². The topological polar surface area (TPSA) is 586 Å². The van der Waals surface area contributed by atoms with Gasteiger partial charge in [-0.2, -0.15) is 45.7 Å². The third-order valence-electron chi connectivity index (χ3n) is 11.6. The molecular weight excluding hydrogens is 1370 g/mol. The average Bonchev–Trinajstić information content (AvgIpc) is 0.811. The number of phenols is 1. The molecule has 8 aromatic carbocycles. The molecule has 93 heavy (non-hydrogen) atoms. The van der Waals surface area contributed by atoms with Crippen molar-refractivity contribution >= 4 is 144 Å². The van der Waals surface area contributed by atoms with Crippen LogP contribution in [0, 0.1) is 11.1 Å². The van der Waals surface area contributed by atoms with Crippen LogP contribution in [0.15, 0.2) is 220 Å². The van der Waals surface area contributed by atoms with Crippen molar-refractivity contribution < 1.29 is 90.2 Å². The summed E-state index contributed by atoms with van der Waals surface area (Å²) in [5.74, 6) is -1.83. The van der Waals surface area contributed by atoms with Crippen LogP contribution in [-0.4, -0.2) is 115 Å². The zero-order valence-corrected chi connectivity index (χ0v) is 53.2. The summed E-state index contributed by atoms with van der Waals surface area (Å²) in [4.78, 5) is 0.0151. The van der Waals surface area contributed by atoms with Crippen LogP contribution in [0.25, 0.3) is 10.8 Å². The lowest BCUT2D eigenvalue weighted by molar-refractivity contribution is 0.282. The lowest BCUT2D eigenvalue weighted by atomic mass is 10.1. The van der Waals surface area contributed by atoms with Gasteiger partial charge in [0, 0.05) is 11.4 Å². The number of phenolic OH excluding ortho intramolecular Hbond substituents is 1. The normalized spacial score (nSPS) is 12.2. The van der Waals surface area contributed by atoms with Gasteiger partial charge in [0.1, 0.15) is 17.1 Å². The Kier molecular flexibility index (Phi) is 25.8. The van der Waals surface area contributed by atoms with Crippen LogP contribution in [0.3, 0.4) is 0 Å². The second-order valence-electron chi connectivity index (χ2n) is 18.2. The molecule has 0 aliphatic heterocycles. The third kappa shape index (κ3) is 24.3. The first kappa shape index (κ1) is 74.4. The van der Waals surface area contributed by atoms with E-state index in [1.165, 1.54) is 84.9 Å². The number of hydrogen-bond acceptors (Lipinski definition) is 30. The van der Waals surface area contributed by atoms with E-state index in [2.05, 4.69) is 48.0 Å². The summed E-state index contributed by atoms with van der Waals surface area (Å²) in [6, 6.07) is 41.7. The molecule has 8 rings (SSSR count). The number of nitrogens with one attached hydrogen (secondary N) is 3. The van der Waals surface area contributed by atoms with E-state index in [0.29, 0.717) is 62.0 Å². The van der Waals surface area contributed by atoms with Gasteiger partial charge in [-0.25, -0.2) is 57.3 Å². The minimum Gasteiger partial charge on any atom is -0.505 e. The van der Waals surface area contributed by atoms with Crippen LogP contribution in [-0.2, 0) is 83.3 Å². The van der Waals surface area contributed by atoms with Gasteiger partial charge < -0.3 is 28.0 Å². The highest BCUT2D eigenvalue weighted by Crippen LogP contribution is 2.40. The molecule has 34 nitrogen and oxygen atoms in total. The van der Waals surface area contributed by atoms with E-state index in [4.69, 9.17) is 47.7 Å². The zero-order valence-electron chi connectivity index (χ0n) is 47.5. The Labute approximate surface area is 532 Å². The van der Waals surface area contributed by atoms with Gasteiger partial charge in [0.2, 0.25) is 0 Å². The Bertz CT molecular complexity index is 4740. The molecule has 0 amide bonds. The number of sulfone groups is 3. The number of aromatic hydroxyl groups is 1. The molecule has 0 aliphatic carbocycles. The molecule has 8 aromatic rings. The van der Waals surface area contributed by atoms with Gasteiger partial charge in [0.15, 0.2) is 29.5 Å². The maximum absolute atomic E-state index is 12.9. The summed E-state index contributed by atoms with van der Waals surface area (Å²) in [6.07, 6.45) is 0.